The van der Waals surface area contributed by atoms with Crippen molar-refractivity contribution in [2.24, 2.45) is 0 Å². The molecule has 4 heteroatoms. The summed E-state index contributed by atoms with van der Waals surface area (Å²) in [6.45, 7) is 3.80. The van der Waals surface area contributed by atoms with Crippen molar-refractivity contribution in [2.75, 3.05) is 0 Å². The second-order valence-electron chi connectivity index (χ2n) is 4.72. The molecule has 1 atom stereocenters. The topological polar surface area (TPSA) is 29.5 Å². The Morgan fingerprint density at radius 1 is 1.25 bits per heavy atom. The molecule has 106 valence electrons. The number of benzene rings is 2. The minimum atomic E-state index is -0.669. The Morgan fingerprint density at radius 2 is 2.00 bits per heavy atom. The molecule has 0 aliphatic carbocycles. The molecule has 0 fully saturated rings. The molecule has 0 aromatic heterocycles. The molecule has 2 nitrogen and oxygen atoms in total. The van der Waals surface area contributed by atoms with Crippen molar-refractivity contribution in [1.29, 1.82) is 0 Å². The maximum atomic E-state index is 13.0. The van der Waals surface area contributed by atoms with Crippen molar-refractivity contribution in [2.45, 2.75) is 26.6 Å². The molecular formula is C16H16ClFO2. The first-order valence-electron chi connectivity index (χ1n) is 6.32. The van der Waals surface area contributed by atoms with Crippen LogP contribution in [0, 0.1) is 12.7 Å². The van der Waals surface area contributed by atoms with Gasteiger partial charge in [0.05, 0.1) is 6.10 Å². The van der Waals surface area contributed by atoms with Crippen LogP contribution in [0.5, 0.6) is 5.75 Å². The van der Waals surface area contributed by atoms with Gasteiger partial charge in [-0.1, -0.05) is 17.7 Å². The monoisotopic (exact) mass is 294 g/mol. The van der Waals surface area contributed by atoms with Gasteiger partial charge in [0.25, 0.3) is 0 Å². The first-order chi connectivity index (χ1) is 9.47. The highest BCUT2D eigenvalue weighted by Gasteiger charge is 2.11. The molecule has 0 unspecified atom stereocenters. The van der Waals surface area contributed by atoms with Gasteiger partial charge < -0.3 is 9.84 Å². The maximum absolute atomic E-state index is 13.0. The average molecular weight is 295 g/mol. The first-order valence-corrected chi connectivity index (χ1v) is 6.70. The quantitative estimate of drug-likeness (QED) is 0.904. The summed E-state index contributed by atoms with van der Waals surface area (Å²) in [5, 5.41) is 10.3. The van der Waals surface area contributed by atoms with E-state index in [0.717, 1.165) is 11.1 Å². The second kappa shape index (κ2) is 6.25. The minimum Gasteiger partial charge on any atom is -0.489 e. The van der Waals surface area contributed by atoms with Gasteiger partial charge in [-0.3, -0.25) is 0 Å². The second-order valence-corrected chi connectivity index (χ2v) is 5.15. The summed E-state index contributed by atoms with van der Waals surface area (Å²) in [4.78, 5) is 0. The molecule has 0 aliphatic heterocycles. The van der Waals surface area contributed by atoms with Crippen molar-refractivity contribution in [3.8, 4) is 5.75 Å². The summed E-state index contributed by atoms with van der Waals surface area (Å²) in [6.07, 6.45) is -0.669. The van der Waals surface area contributed by atoms with Crippen LogP contribution in [0.25, 0.3) is 0 Å². The van der Waals surface area contributed by atoms with Crippen LogP contribution in [0.4, 0.5) is 4.39 Å². The fourth-order valence-electron chi connectivity index (χ4n) is 1.95. The van der Waals surface area contributed by atoms with Gasteiger partial charge >= 0.3 is 0 Å². The maximum Gasteiger partial charge on any atom is 0.125 e. The summed E-state index contributed by atoms with van der Waals surface area (Å²) in [6, 6.07) is 9.69. The van der Waals surface area contributed by atoms with Crippen molar-refractivity contribution >= 4 is 11.6 Å². The minimum absolute atomic E-state index is 0.262. The van der Waals surface area contributed by atoms with Gasteiger partial charge in [-0.05, 0) is 55.3 Å². The van der Waals surface area contributed by atoms with E-state index in [1.54, 1.807) is 31.2 Å². The van der Waals surface area contributed by atoms with Gasteiger partial charge in [0.2, 0.25) is 0 Å². The smallest absolute Gasteiger partial charge is 0.125 e. The molecular weight excluding hydrogens is 279 g/mol. The molecule has 0 amide bonds. The number of aliphatic hydroxyl groups excluding tert-OH is 1. The van der Waals surface area contributed by atoms with Crippen LogP contribution in [0.3, 0.4) is 0 Å². The predicted octanol–water partition coefficient (Wildman–Crippen LogP) is 4.42. The summed E-state index contributed by atoms with van der Waals surface area (Å²) >= 11 is 5.91. The average Bonchev–Trinajstić information content (AvgIpc) is 2.38. The Bertz CT molecular complexity index is 611. The highest BCUT2D eigenvalue weighted by molar-refractivity contribution is 6.30. The van der Waals surface area contributed by atoms with E-state index >= 15 is 0 Å². The lowest BCUT2D eigenvalue weighted by atomic mass is 10.1. The number of ether oxygens (including phenoxy) is 1. The predicted molar refractivity (Wildman–Crippen MR) is 77.6 cm³/mol. The van der Waals surface area contributed by atoms with Gasteiger partial charge in [0.1, 0.15) is 18.2 Å². The normalized spacial score (nSPS) is 12.2. The number of rotatable bonds is 4. The molecule has 1 N–H and O–H groups in total. The zero-order valence-corrected chi connectivity index (χ0v) is 12.1. The van der Waals surface area contributed by atoms with E-state index in [2.05, 4.69) is 0 Å². The van der Waals surface area contributed by atoms with Gasteiger partial charge in [-0.15, -0.1) is 0 Å². The Hall–Kier alpha value is -1.58. The van der Waals surface area contributed by atoms with Gasteiger partial charge in [-0.2, -0.15) is 0 Å². The molecule has 0 spiro atoms. The van der Waals surface area contributed by atoms with Crippen LogP contribution in [0.1, 0.15) is 29.7 Å². The molecule has 2 rings (SSSR count). The standard InChI is InChI=1S/C16H16ClFO2/c1-10-7-14(18)5-3-12(10)9-20-16-6-4-13(17)8-15(16)11(2)19/h3-8,11,19H,9H2,1-2H3/t11-/m0/s1. The van der Waals surface area contributed by atoms with Crippen LogP contribution in [-0.2, 0) is 6.61 Å². The van der Waals surface area contributed by atoms with E-state index in [-0.39, 0.29) is 5.82 Å². The number of aryl methyl sites for hydroxylation is 1. The fraction of sp³-hybridized carbons (Fsp3) is 0.250. The van der Waals surface area contributed by atoms with E-state index in [4.69, 9.17) is 16.3 Å². The molecule has 0 radical (unpaired) electrons. The van der Waals surface area contributed by atoms with E-state index in [1.165, 1.54) is 12.1 Å². The first kappa shape index (κ1) is 14.8. The van der Waals surface area contributed by atoms with E-state index in [9.17, 15) is 9.50 Å². The van der Waals surface area contributed by atoms with Crippen LogP contribution in [-0.4, -0.2) is 5.11 Å². The van der Waals surface area contributed by atoms with Crippen LogP contribution < -0.4 is 4.74 Å². The van der Waals surface area contributed by atoms with Gasteiger partial charge in [-0.25, -0.2) is 4.39 Å². The van der Waals surface area contributed by atoms with Crippen molar-refractivity contribution in [1.82, 2.24) is 0 Å². The number of hydrogen-bond acceptors (Lipinski definition) is 2. The van der Waals surface area contributed by atoms with Gasteiger partial charge in [0.15, 0.2) is 0 Å². The fourth-order valence-corrected chi connectivity index (χ4v) is 2.13. The molecule has 0 saturated carbocycles. The summed E-state index contributed by atoms with van der Waals surface area (Å²) in [5.74, 6) is 0.315. The summed E-state index contributed by atoms with van der Waals surface area (Å²) < 4.78 is 18.8. The molecule has 2 aromatic rings. The molecule has 20 heavy (non-hydrogen) atoms. The Balaban J connectivity index is 2.18. The third-order valence-electron chi connectivity index (χ3n) is 3.11. The van der Waals surface area contributed by atoms with Crippen molar-refractivity contribution < 1.29 is 14.2 Å². The Labute approximate surface area is 122 Å². The van der Waals surface area contributed by atoms with Crippen molar-refractivity contribution in [3.63, 3.8) is 0 Å². The lowest BCUT2D eigenvalue weighted by Crippen LogP contribution is -2.02. The lowest BCUT2D eigenvalue weighted by Gasteiger charge is -2.14. The third-order valence-corrected chi connectivity index (χ3v) is 3.34. The number of aliphatic hydroxyl groups is 1. The molecule has 0 saturated heterocycles. The van der Waals surface area contributed by atoms with E-state index in [1.807, 2.05) is 6.92 Å². The Kier molecular flexibility index (Phi) is 4.63. The SMILES string of the molecule is Cc1cc(F)ccc1COc1ccc(Cl)cc1[C@H](C)O. The zero-order chi connectivity index (χ0) is 14.7. The van der Waals surface area contributed by atoms with Gasteiger partial charge in [0, 0.05) is 10.6 Å². The van der Waals surface area contributed by atoms with Crippen LogP contribution in [0.15, 0.2) is 36.4 Å². The molecule has 0 bridgehead atoms. The molecule has 2 aromatic carbocycles. The van der Waals surface area contributed by atoms with E-state index < -0.39 is 6.10 Å². The zero-order valence-electron chi connectivity index (χ0n) is 11.4. The van der Waals surface area contributed by atoms with Crippen molar-refractivity contribution in [3.05, 3.63) is 63.9 Å². The largest absolute Gasteiger partial charge is 0.489 e. The number of halogens is 2. The highest BCUT2D eigenvalue weighted by Crippen LogP contribution is 2.29. The lowest BCUT2D eigenvalue weighted by molar-refractivity contribution is 0.190. The highest BCUT2D eigenvalue weighted by atomic mass is 35.5. The number of hydrogen-bond donors (Lipinski definition) is 1. The summed E-state index contributed by atoms with van der Waals surface area (Å²) in [7, 11) is 0. The third kappa shape index (κ3) is 3.50. The van der Waals surface area contributed by atoms with Crippen LogP contribution >= 0.6 is 11.6 Å². The Morgan fingerprint density at radius 3 is 2.65 bits per heavy atom. The summed E-state index contributed by atoms with van der Waals surface area (Å²) in [5.41, 5.74) is 2.37. The van der Waals surface area contributed by atoms with Crippen LogP contribution in [0.2, 0.25) is 5.02 Å². The van der Waals surface area contributed by atoms with E-state index in [0.29, 0.717) is 22.9 Å². The molecule has 0 aliphatic rings. The molecule has 0 heterocycles.